The molecule has 1 aliphatic rings. The second-order valence-corrected chi connectivity index (χ2v) is 7.97. The number of nitrogens with one attached hydrogen (secondary N) is 1. The van der Waals surface area contributed by atoms with Gasteiger partial charge in [0.15, 0.2) is 0 Å². The summed E-state index contributed by atoms with van der Waals surface area (Å²) < 4.78 is 3.99. The lowest BCUT2D eigenvalue weighted by molar-refractivity contribution is 0.120. The minimum atomic E-state index is -1.00. The lowest BCUT2D eigenvalue weighted by atomic mass is 9.94. The summed E-state index contributed by atoms with van der Waals surface area (Å²) in [5, 5.41) is 35.7. The molecule has 0 saturated carbocycles. The predicted octanol–water partition coefficient (Wildman–Crippen LogP) is 3.00. The molecule has 0 spiro atoms. The van der Waals surface area contributed by atoms with Gasteiger partial charge in [0.05, 0.1) is 11.6 Å². The molecule has 6 heteroatoms. The van der Waals surface area contributed by atoms with Crippen molar-refractivity contribution in [2.24, 2.45) is 14.1 Å². The SMILES string of the molecule is Cc1ccc2c(C3=C(c4cn(C)c5cc(C#N)ccc45)C(O)NC3O)cn(C)c2c1. The molecule has 1 aliphatic heterocycles. The Morgan fingerprint density at radius 1 is 0.867 bits per heavy atom. The molecule has 3 heterocycles. The average Bonchev–Trinajstić information content (AvgIpc) is 3.32. The fourth-order valence-corrected chi connectivity index (χ4v) is 4.57. The number of rotatable bonds is 2. The van der Waals surface area contributed by atoms with Crippen molar-refractivity contribution in [2.75, 3.05) is 0 Å². The highest BCUT2D eigenvalue weighted by Gasteiger charge is 2.35. The monoisotopic (exact) mass is 398 g/mol. The van der Waals surface area contributed by atoms with Crippen molar-refractivity contribution in [1.82, 2.24) is 14.5 Å². The number of nitrogens with zero attached hydrogens (tertiary/aromatic N) is 3. The van der Waals surface area contributed by atoms with Gasteiger partial charge in [-0.25, -0.2) is 0 Å². The lowest BCUT2D eigenvalue weighted by Crippen LogP contribution is -2.31. The van der Waals surface area contributed by atoms with E-state index in [9.17, 15) is 15.5 Å². The molecule has 150 valence electrons. The quantitative estimate of drug-likeness (QED) is 0.485. The first-order valence-corrected chi connectivity index (χ1v) is 9.81. The molecular weight excluding hydrogens is 376 g/mol. The fraction of sp³-hybridized carbons (Fsp3) is 0.208. The fourth-order valence-electron chi connectivity index (χ4n) is 4.57. The van der Waals surface area contributed by atoms with E-state index in [0.29, 0.717) is 16.7 Å². The van der Waals surface area contributed by atoms with Gasteiger partial charge in [0.1, 0.15) is 12.5 Å². The van der Waals surface area contributed by atoms with Crippen LogP contribution in [0.3, 0.4) is 0 Å². The Balaban J connectivity index is 1.82. The van der Waals surface area contributed by atoms with Gasteiger partial charge >= 0.3 is 0 Å². The van der Waals surface area contributed by atoms with E-state index in [1.54, 1.807) is 6.07 Å². The molecule has 0 aliphatic carbocycles. The van der Waals surface area contributed by atoms with Gasteiger partial charge in [0.25, 0.3) is 0 Å². The number of aromatic nitrogens is 2. The first-order chi connectivity index (χ1) is 14.4. The minimum absolute atomic E-state index is 0.582. The van der Waals surface area contributed by atoms with E-state index in [4.69, 9.17) is 0 Å². The Labute approximate surface area is 173 Å². The summed E-state index contributed by atoms with van der Waals surface area (Å²) in [4.78, 5) is 0. The summed E-state index contributed by atoms with van der Waals surface area (Å²) in [5.41, 5.74) is 6.79. The molecule has 2 unspecified atom stereocenters. The summed E-state index contributed by atoms with van der Waals surface area (Å²) in [5.74, 6) is 0. The van der Waals surface area contributed by atoms with Gasteiger partial charge in [0.2, 0.25) is 0 Å². The lowest BCUT2D eigenvalue weighted by Gasteiger charge is -2.10. The molecule has 0 saturated heterocycles. The van der Waals surface area contributed by atoms with Gasteiger partial charge < -0.3 is 19.3 Å². The third kappa shape index (κ3) is 2.61. The van der Waals surface area contributed by atoms with Crippen molar-refractivity contribution in [3.8, 4) is 6.07 Å². The maximum absolute atomic E-state index is 10.8. The van der Waals surface area contributed by atoms with Crippen LogP contribution in [0.15, 0.2) is 48.8 Å². The molecule has 2 aromatic heterocycles. The standard InChI is InChI=1S/C24H22N4O2/c1-13-4-6-15-17(11-27(2)19(15)8-13)21-22(24(30)26-23(21)29)18-12-28(3)20-9-14(10-25)5-7-16(18)20/h4-9,11-12,23-24,26,29-30H,1-3H3. The summed E-state index contributed by atoms with van der Waals surface area (Å²) >= 11 is 0. The Bertz CT molecular complexity index is 1400. The molecule has 0 radical (unpaired) electrons. The van der Waals surface area contributed by atoms with E-state index in [1.807, 2.05) is 47.8 Å². The molecule has 2 aromatic carbocycles. The van der Waals surface area contributed by atoms with E-state index < -0.39 is 12.5 Å². The van der Waals surface area contributed by atoms with Gasteiger partial charge in [-0.05, 0) is 30.7 Å². The largest absolute Gasteiger partial charge is 0.374 e. The van der Waals surface area contributed by atoms with Crippen molar-refractivity contribution in [3.63, 3.8) is 0 Å². The van der Waals surface area contributed by atoms with Gasteiger partial charge in [-0.15, -0.1) is 0 Å². The van der Waals surface area contributed by atoms with Gasteiger partial charge in [0, 0.05) is 70.6 Å². The van der Waals surface area contributed by atoms with Crippen molar-refractivity contribution in [3.05, 3.63) is 71.0 Å². The summed E-state index contributed by atoms with van der Waals surface area (Å²) in [6.07, 6.45) is 1.95. The molecule has 30 heavy (non-hydrogen) atoms. The van der Waals surface area contributed by atoms with Gasteiger partial charge in [-0.3, -0.25) is 5.32 Å². The number of aryl methyl sites for hydroxylation is 3. The third-order valence-electron chi connectivity index (χ3n) is 6.00. The van der Waals surface area contributed by atoms with Crippen LogP contribution in [0.4, 0.5) is 0 Å². The highest BCUT2D eigenvalue weighted by Crippen LogP contribution is 2.41. The zero-order chi connectivity index (χ0) is 21.2. The smallest absolute Gasteiger partial charge is 0.134 e. The molecule has 6 nitrogen and oxygen atoms in total. The summed E-state index contributed by atoms with van der Waals surface area (Å²) in [7, 11) is 3.90. The predicted molar refractivity (Wildman–Crippen MR) is 117 cm³/mol. The molecule has 2 atom stereocenters. The van der Waals surface area contributed by atoms with Crippen molar-refractivity contribution in [1.29, 1.82) is 5.26 Å². The number of aliphatic hydroxyl groups excluding tert-OH is 2. The first kappa shape index (κ1) is 18.6. The number of hydrogen-bond donors (Lipinski definition) is 3. The zero-order valence-corrected chi connectivity index (χ0v) is 17.0. The molecule has 0 amide bonds. The molecule has 4 aromatic rings. The maximum Gasteiger partial charge on any atom is 0.134 e. The van der Waals surface area contributed by atoms with E-state index in [1.165, 1.54) is 0 Å². The van der Waals surface area contributed by atoms with Crippen molar-refractivity contribution < 1.29 is 10.2 Å². The molecule has 0 bridgehead atoms. The Morgan fingerprint density at radius 3 is 1.97 bits per heavy atom. The number of nitriles is 1. The third-order valence-corrected chi connectivity index (χ3v) is 6.00. The van der Waals surface area contributed by atoms with E-state index in [-0.39, 0.29) is 0 Å². The topological polar surface area (TPSA) is 86.1 Å². The summed E-state index contributed by atoms with van der Waals surface area (Å²) in [6.45, 7) is 2.05. The first-order valence-electron chi connectivity index (χ1n) is 9.81. The van der Waals surface area contributed by atoms with E-state index in [0.717, 1.165) is 38.5 Å². The van der Waals surface area contributed by atoms with Crippen LogP contribution in [-0.2, 0) is 14.1 Å². The maximum atomic E-state index is 10.8. The Kier molecular flexibility index (Phi) is 4.09. The highest BCUT2D eigenvalue weighted by molar-refractivity contribution is 6.08. The van der Waals surface area contributed by atoms with Crippen LogP contribution >= 0.6 is 0 Å². The number of hydrogen-bond acceptors (Lipinski definition) is 4. The number of benzene rings is 2. The average molecular weight is 398 g/mol. The van der Waals surface area contributed by atoms with Crippen LogP contribution in [0, 0.1) is 18.3 Å². The van der Waals surface area contributed by atoms with Crippen molar-refractivity contribution in [2.45, 2.75) is 19.4 Å². The Hall–Kier alpha value is -3.37. The zero-order valence-electron chi connectivity index (χ0n) is 17.0. The summed E-state index contributed by atoms with van der Waals surface area (Å²) in [6, 6.07) is 13.9. The second kappa shape index (κ2) is 6.57. The van der Waals surface area contributed by atoms with E-state index >= 15 is 0 Å². The Morgan fingerprint density at radius 2 is 1.40 bits per heavy atom. The molecule has 0 fully saturated rings. The van der Waals surface area contributed by atoms with Crippen LogP contribution in [-0.4, -0.2) is 31.8 Å². The van der Waals surface area contributed by atoms with Crippen molar-refractivity contribution >= 4 is 33.0 Å². The van der Waals surface area contributed by atoms with Gasteiger partial charge in [-0.2, -0.15) is 5.26 Å². The number of fused-ring (bicyclic) bond motifs is 2. The molecular formula is C24H22N4O2. The van der Waals surface area contributed by atoms with Gasteiger partial charge in [-0.1, -0.05) is 18.2 Å². The van der Waals surface area contributed by atoms with E-state index in [2.05, 4.69) is 36.5 Å². The normalized spacial score (nSPS) is 19.2. The second-order valence-electron chi connectivity index (χ2n) is 7.97. The highest BCUT2D eigenvalue weighted by atomic mass is 16.3. The van der Waals surface area contributed by atoms with Crippen LogP contribution in [0.5, 0.6) is 0 Å². The van der Waals surface area contributed by atoms with Crippen LogP contribution in [0.25, 0.3) is 33.0 Å². The van der Waals surface area contributed by atoms with Crippen LogP contribution in [0.2, 0.25) is 0 Å². The van der Waals surface area contributed by atoms with Crippen LogP contribution < -0.4 is 5.32 Å². The molecule has 5 rings (SSSR count). The van der Waals surface area contributed by atoms with Crippen LogP contribution in [0.1, 0.15) is 22.3 Å². The minimum Gasteiger partial charge on any atom is -0.374 e. The number of aliphatic hydroxyl groups is 2. The molecule has 3 N–H and O–H groups in total.